The Morgan fingerprint density at radius 2 is 1.60 bits per heavy atom. The summed E-state index contributed by atoms with van der Waals surface area (Å²) in [5, 5.41) is 0.758. The number of benzene rings is 1. The Labute approximate surface area is 90.1 Å². The van der Waals surface area contributed by atoms with E-state index in [0.29, 0.717) is 5.56 Å². The maximum atomic E-state index is 13.1. The molecular formula is C10H15FO3Si. The Morgan fingerprint density at radius 1 is 1.07 bits per heavy atom. The highest BCUT2D eigenvalue weighted by Gasteiger charge is 2.40. The van der Waals surface area contributed by atoms with Crippen molar-refractivity contribution in [3.63, 3.8) is 0 Å². The molecule has 0 spiro atoms. The van der Waals surface area contributed by atoms with Crippen molar-refractivity contribution in [2.45, 2.75) is 6.92 Å². The quantitative estimate of drug-likeness (QED) is 0.728. The summed E-state index contributed by atoms with van der Waals surface area (Å²) in [6.45, 7) is 1.69. The van der Waals surface area contributed by atoms with Gasteiger partial charge in [0.1, 0.15) is 5.82 Å². The van der Waals surface area contributed by atoms with Crippen LogP contribution in [-0.4, -0.2) is 30.1 Å². The summed E-state index contributed by atoms with van der Waals surface area (Å²) in [6.07, 6.45) is 0. The molecule has 0 bridgehead atoms. The van der Waals surface area contributed by atoms with Gasteiger partial charge in [-0.1, -0.05) is 6.07 Å². The molecule has 0 aliphatic rings. The molecular weight excluding hydrogens is 215 g/mol. The van der Waals surface area contributed by atoms with E-state index in [1.807, 2.05) is 0 Å². The predicted octanol–water partition coefficient (Wildman–Crippen LogP) is 1.22. The normalized spacial score (nSPS) is 11.8. The molecule has 0 saturated heterocycles. The molecule has 0 saturated carbocycles. The maximum absolute atomic E-state index is 13.1. The fraction of sp³-hybridized carbons (Fsp3) is 0.400. The summed E-state index contributed by atoms with van der Waals surface area (Å²) < 4.78 is 29.0. The first-order valence-corrected chi connectivity index (χ1v) is 6.24. The van der Waals surface area contributed by atoms with Crippen LogP contribution in [0.15, 0.2) is 18.2 Å². The van der Waals surface area contributed by atoms with E-state index in [2.05, 4.69) is 0 Å². The van der Waals surface area contributed by atoms with Gasteiger partial charge in [-0.15, -0.1) is 0 Å². The van der Waals surface area contributed by atoms with Crippen molar-refractivity contribution in [2.24, 2.45) is 0 Å². The van der Waals surface area contributed by atoms with E-state index in [-0.39, 0.29) is 5.82 Å². The molecule has 1 aromatic rings. The van der Waals surface area contributed by atoms with Gasteiger partial charge in [-0.25, -0.2) is 4.39 Å². The van der Waals surface area contributed by atoms with Gasteiger partial charge >= 0.3 is 8.80 Å². The summed E-state index contributed by atoms with van der Waals surface area (Å²) in [4.78, 5) is 0. The van der Waals surface area contributed by atoms with Crippen molar-refractivity contribution in [1.29, 1.82) is 0 Å². The SMILES string of the molecule is CO[Si](OC)(OC)c1ccc(F)c(C)c1. The largest absolute Gasteiger partial charge is 0.536 e. The van der Waals surface area contributed by atoms with Crippen LogP contribution in [0, 0.1) is 12.7 Å². The standard InChI is InChI=1S/C10H15FO3Si/c1-8-7-9(5-6-10(8)11)15(12-2,13-3)14-4/h5-7H,1-4H3. The molecule has 1 rings (SSSR count). The summed E-state index contributed by atoms with van der Waals surface area (Å²) in [5.74, 6) is -0.245. The highest BCUT2D eigenvalue weighted by molar-refractivity contribution is 6.75. The summed E-state index contributed by atoms with van der Waals surface area (Å²) in [5.41, 5.74) is 0.551. The molecule has 0 amide bonds. The predicted molar refractivity (Wildman–Crippen MR) is 57.6 cm³/mol. The molecule has 3 nitrogen and oxygen atoms in total. The number of hydrogen-bond acceptors (Lipinski definition) is 3. The second-order valence-corrected chi connectivity index (χ2v) is 6.05. The molecule has 0 aliphatic heterocycles. The average Bonchev–Trinajstić information content (AvgIpc) is 2.26. The third-order valence-electron chi connectivity index (χ3n) is 2.32. The molecule has 0 aliphatic carbocycles. The van der Waals surface area contributed by atoms with E-state index in [4.69, 9.17) is 13.3 Å². The molecule has 0 aromatic heterocycles. The second-order valence-electron chi connectivity index (χ2n) is 3.13. The molecule has 0 unspecified atom stereocenters. The van der Waals surface area contributed by atoms with Crippen LogP contribution in [0.1, 0.15) is 5.56 Å². The molecule has 0 fully saturated rings. The minimum absolute atomic E-state index is 0.245. The molecule has 0 N–H and O–H groups in total. The number of halogens is 1. The third kappa shape index (κ3) is 2.26. The van der Waals surface area contributed by atoms with Crippen molar-refractivity contribution < 1.29 is 17.7 Å². The summed E-state index contributed by atoms with van der Waals surface area (Å²) in [7, 11) is 1.76. The van der Waals surface area contributed by atoms with Gasteiger partial charge in [0.25, 0.3) is 0 Å². The smallest absolute Gasteiger partial charge is 0.373 e. The second kappa shape index (κ2) is 4.85. The first-order chi connectivity index (χ1) is 7.09. The maximum Gasteiger partial charge on any atom is 0.536 e. The number of aryl methyl sites for hydroxylation is 1. The molecule has 84 valence electrons. The van der Waals surface area contributed by atoms with Crippen molar-refractivity contribution in [3.05, 3.63) is 29.6 Å². The van der Waals surface area contributed by atoms with Crippen LogP contribution < -0.4 is 5.19 Å². The minimum atomic E-state index is -2.81. The van der Waals surface area contributed by atoms with Crippen molar-refractivity contribution in [1.82, 2.24) is 0 Å². The molecule has 5 heteroatoms. The Kier molecular flexibility index (Phi) is 3.98. The van der Waals surface area contributed by atoms with E-state index >= 15 is 0 Å². The van der Waals surface area contributed by atoms with Gasteiger partial charge in [0.15, 0.2) is 0 Å². The van der Waals surface area contributed by atoms with E-state index in [9.17, 15) is 4.39 Å². The van der Waals surface area contributed by atoms with Crippen LogP contribution in [0.2, 0.25) is 0 Å². The van der Waals surface area contributed by atoms with E-state index in [0.717, 1.165) is 5.19 Å². The van der Waals surface area contributed by atoms with Gasteiger partial charge in [0.05, 0.1) is 0 Å². The van der Waals surface area contributed by atoms with Crippen LogP contribution in [0.3, 0.4) is 0 Å². The van der Waals surface area contributed by atoms with Crippen LogP contribution in [0.5, 0.6) is 0 Å². The highest BCUT2D eigenvalue weighted by Crippen LogP contribution is 2.10. The first kappa shape index (κ1) is 12.3. The van der Waals surface area contributed by atoms with Crippen LogP contribution in [-0.2, 0) is 13.3 Å². The van der Waals surface area contributed by atoms with Gasteiger partial charge in [0, 0.05) is 26.5 Å². The van der Waals surface area contributed by atoms with E-state index < -0.39 is 8.80 Å². The Bertz CT molecular complexity index is 331. The van der Waals surface area contributed by atoms with E-state index in [1.54, 1.807) is 19.1 Å². The fourth-order valence-electron chi connectivity index (χ4n) is 1.44. The lowest BCUT2D eigenvalue weighted by Crippen LogP contribution is -2.54. The van der Waals surface area contributed by atoms with Gasteiger partial charge in [0.2, 0.25) is 0 Å². The third-order valence-corrected chi connectivity index (χ3v) is 4.95. The van der Waals surface area contributed by atoms with Crippen molar-refractivity contribution in [2.75, 3.05) is 21.3 Å². The lowest BCUT2D eigenvalue weighted by molar-refractivity contribution is 0.140. The monoisotopic (exact) mass is 230 g/mol. The minimum Gasteiger partial charge on any atom is -0.373 e. The average molecular weight is 230 g/mol. The topological polar surface area (TPSA) is 27.7 Å². The zero-order valence-electron chi connectivity index (χ0n) is 9.33. The summed E-state index contributed by atoms with van der Waals surface area (Å²) >= 11 is 0. The zero-order valence-corrected chi connectivity index (χ0v) is 10.3. The van der Waals surface area contributed by atoms with E-state index in [1.165, 1.54) is 27.4 Å². The fourth-order valence-corrected chi connectivity index (χ4v) is 3.33. The Hall–Kier alpha value is -0.753. The number of rotatable bonds is 4. The molecule has 0 radical (unpaired) electrons. The zero-order chi connectivity index (χ0) is 11.5. The summed E-state index contributed by atoms with van der Waals surface area (Å²) in [6, 6.07) is 4.71. The van der Waals surface area contributed by atoms with Crippen LogP contribution >= 0.6 is 0 Å². The Morgan fingerprint density at radius 3 is 2.00 bits per heavy atom. The molecule has 0 atom stereocenters. The molecule has 1 aromatic carbocycles. The lowest BCUT2D eigenvalue weighted by Gasteiger charge is -2.24. The Balaban J connectivity index is 3.17. The van der Waals surface area contributed by atoms with Gasteiger partial charge in [-0.05, 0) is 24.6 Å². The van der Waals surface area contributed by atoms with Gasteiger partial charge in [-0.2, -0.15) is 0 Å². The highest BCUT2D eigenvalue weighted by atomic mass is 28.4. The first-order valence-electron chi connectivity index (χ1n) is 4.51. The van der Waals surface area contributed by atoms with Crippen LogP contribution in [0.25, 0.3) is 0 Å². The van der Waals surface area contributed by atoms with Gasteiger partial charge in [-0.3, -0.25) is 0 Å². The molecule has 0 heterocycles. The molecule has 15 heavy (non-hydrogen) atoms. The van der Waals surface area contributed by atoms with Gasteiger partial charge < -0.3 is 13.3 Å². The van der Waals surface area contributed by atoms with Crippen molar-refractivity contribution >= 4 is 14.0 Å². The number of hydrogen-bond donors (Lipinski definition) is 0. The lowest BCUT2D eigenvalue weighted by atomic mass is 10.2. The van der Waals surface area contributed by atoms with Crippen LogP contribution in [0.4, 0.5) is 4.39 Å². The van der Waals surface area contributed by atoms with Crippen molar-refractivity contribution in [3.8, 4) is 0 Å².